The van der Waals surface area contributed by atoms with Gasteiger partial charge >= 0.3 is 0 Å². The van der Waals surface area contributed by atoms with E-state index in [4.69, 9.17) is 5.73 Å². The van der Waals surface area contributed by atoms with Crippen LogP contribution in [0.2, 0.25) is 0 Å². The average Bonchev–Trinajstić information content (AvgIpc) is 2.84. The van der Waals surface area contributed by atoms with Gasteiger partial charge in [-0.25, -0.2) is 4.98 Å². The molecular formula is C13H15N3OS. The van der Waals surface area contributed by atoms with Gasteiger partial charge in [-0.15, -0.1) is 11.3 Å². The largest absolute Gasteiger partial charge is 0.366 e. The molecular weight excluding hydrogens is 246 g/mol. The summed E-state index contributed by atoms with van der Waals surface area (Å²) in [4.78, 5) is 16.4. The fraction of sp³-hybridized carbons (Fsp3) is 0.231. The van der Waals surface area contributed by atoms with Gasteiger partial charge in [-0.1, -0.05) is 6.92 Å². The Morgan fingerprint density at radius 2 is 2.28 bits per heavy atom. The molecule has 0 radical (unpaired) electrons. The number of anilines is 1. The van der Waals surface area contributed by atoms with E-state index in [2.05, 4.69) is 28.7 Å². The molecule has 0 aliphatic rings. The minimum Gasteiger partial charge on any atom is -0.366 e. The molecule has 0 saturated carbocycles. The van der Waals surface area contributed by atoms with Gasteiger partial charge in [0.25, 0.3) is 0 Å². The second-order valence-corrected chi connectivity index (χ2v) is 4.87. The number of carbonyl (C=O) groups is 1. The van der Waals surface area contributed by atoms with Crippen LogP contribution in [0.4, 0.5) is 5.82 Å². The average molecular weight is 261 g/mol. The maximum absolute atomic E-state index is 10.9. The molecule has 0 unspecified atom stereocenters. The molecule has 2 aromatic heterocycles. The van der Waals surface area contributed by atoms with Gasteiger partial charge in [-0.3, -0.25) is 4.79 Å². The highest BCUT2D eigenvalue weighted by molar-refractivity contribution is 7.10. The Hall–Kier alpha value is -1.88. The van der Waals surface area contributed by atoms with Crippen LogP contribution in [-0.4, -0.2) is 10.9 Å². The van der Waals surface area contributed by atoms with E-state index in [1.165, 1.54) is 16.6 Å². The van der Waals surface area contributed by atoms with Gasteiger partial charge in [-0.05, 0) is 35.6 Å². The van der Waals surface area contributed by atoms with Gasteiger partial charge in [0.2, 0.25) is 5.91 Å². The Kier molecular flexibility index (Phi) is 3.94. The minimum atomic E-state index is -0.458. The number of amides is 1. The van der Waals surface area contributed by atoms with Crippen molar-refractivity contribution in [3.8, 4) is 0 Å². The number of primary amides is 1. The summed E-state index contributed by atoms with van der Waals surface area (Å²) in [5, 5.41) is 5.33. The smallest absolute Gasteiger partial charge is 0.250 e. The molecule has 0 aromatic carbocycles. The standard InChI is InChI=1S/C13H15N3OS/c1-2-9-5-6-18-11(9)8-16-12-4-3-10(7-15-12)13(14)17/h3-7H,2,8H2,1H3,(H2,14,17)(H,15,16). The highest BCUT2D eigenvalue weighted by atomic mass is 32.1. The molecule has 2 aromatic rings. The topological polar surface area (TPSA) is 68.0 Å². The summed E-state index contributed by atoms with van der Waals surface area (Å²) in [5.74, 6) is 0.288. The van der Waals surface area contributed by atoms with Crippen molar-refractivity contribution in [3.05, 3.63) is 45.8 Å². The summed E-state index contributed by atoms with van der Waals surface area (Å²) in [7, 11) is 0. The molecule has 0 aliphatic heterocycles. The van der Waals surface area contributed by atoms with E-state index >= 15 is 0 Å². The van der Waals surface area contributed by atoms with E-state index < -0.39 is 5.91 Å². The van der Waals surface area contributed by atoms with Gasteiger partial charge in [-0.2, -0.15) is 0 Å². The van der Waals surface area contributed by atoms with Gasteiger partial charge < -0.3 is 11.1 Å². The van der Waals surface area contributed by atoms with Crippen LogP contribution >= 0.6 is 11.3 Å². The predicted molar refractivity (Wildman–Crippen MR) is 73.8 cm³/mol. The number of nitrogens with zero attached hydrogens (tertiary/aromatic N) is 1. The molecule has 1 amide bonds. The van der Waals surface area contributed by atoms with Crippen molar-refractivity contribution in [2.45, 2.75) is 19.9 Å². The van der Waals surface area contributed by atoms with Gasteiger partial charge in [0.15, 0.2) is 0 Å². The van der Waals surface area contributed by atoms with Crippen LogP contribution < -0.4 is 11.1 Å². The van der Waals surface area contributed by atoms with E-state index in [1.54, 1.807) is 23.5 Å². The fourth-order valence-corrected chi connectivity index (χ4v) is 2.57. The van der Waals surface area contributed by atoms with Crippen molar-refractivity contribution in [2.75, 3.05) is 5.32 Å². The molecule has 0 spiro atoms. The van der Waals surface area contributed by atoms with E-state index in [1.807, 2.05) is 0 Å². The number of aryl methyl sites for hydroxylation is 1. The summed E-state index contributed by atoms with van der Waals surface area (Å²) in [5.41, 5.74) is 6.94. The van der Waals surface area contributed by atoms with Crippen LogP contribution in [0.3, 0.4) is 0 Å². The maximum atomic E-state index is 10.9. The first kappa shape index (κ1) is 12.6. The number of hydrogen-bond donors (Lipinski definition) is 2. The SMILES string of the molecule is CCc1ccsc1CNc1ccc(C(N)=O)cn1. The maximum Gasteiger partial charge on any atom is 0.250 e. The van der Waals surface area contributed by atoms with Crippen LogP contribution in [0.5, 0.6) is 0 Å². The highest BCUT2D eigenvalue weighted by Gasteiger charge is 2.04. The van der Waals surface area contributed by atoms with E-state index in [0.717, 1.165) is 18.8 Å². The third-order valence-electron chi connectivity index (χ3n) is 2.70. The summed E-state index contributed by atoms with van der Waals surface area (Å²) in [6.45, 7) is 2.90. The fourth-order valence-electron chi connectivity index (χ4n) is 1.65. The molecule has 2 rings (SSSR count). The van der Waals surface area contributed by atoms with Gasteiger partial charge in [0.05, 0.1) is 12.1 Å². The third kappa shape index (κ3) is 2.87. The Balaban J connectivity index is 2.00. The first-order chi connectivity index (χ1) is 8.70. The van der Waals surface area contributed by atoms with E-state index in [-0.39, 0.29) is 0 Å². The number of carbonyl (C=O) groups excluding carboxylic acids is 1. The summed E-state index contributed by atoms with van der Waals surface area (Å²) in [6, 6.07) is 5.58. The molecule has 0 fully saturated rings. The number of aromatic nitrogens is 1. The molecule has 4 nitrogen and oxygen atoms in total. The van der Waals surface area contributed by atoms with Crippen molar-refractivity contribution in [3.63, 3.8) is 0 Å². The summed E-state index contributed by atoms with van der Waals surface area (Å²) in [6.07, 6.45) is 2.52. The van der Waals surface area contributed by atoms with Crippen molar-refractivity contribution in [1.82, 2.24) is 4.98 Å². The Morgan fingerprint density at radius 3 is 2.89 bits per heavy atom. The van der Waals surface area contributed by atoms with Crippen LogP contribution in [0.15, 0.2) is 29.8 Å². The van der Waals surface area contributed by atoms with E-state index in [0.29, 0.717) is 5.56 Å². The number of nitrogens with one attached hydrogen (secondary N) is 1. The zero-order chi connectivity index (χ0) is 13.0. The van der Waals surface area contributed by atoms with Gasteiger partial charge in [0.1, 0.15) is 5.82 Å². The normalized spacial score (nSPS) is 10.3. The number of rotatable bonds is 5. The minimum absolute atomic E-state index is 0.422. The molecule has 94 valence electrons. The monoisotopic (exact) mass is 261 g/mol. The Morgan fingerprint density at radius 1 is 1.44 bits per heavy atom. The molecule has 0 atom stereocenters. The molecule has 2 heterocycles. The highest BCUT2D eigenvalue weighted by Crippen LogP contribution is 2.18. The first-order valence-corrected chi connectivity index (χ1v) is 6.63. The molecule has 0 bridgehead atoms. The van der Waals surface area contributed by atoms with Crippen LogP contribution in [0.1, 0.15) is 27.7 Å². The van der Waals surface area contributed by atoms with Crippen molar-refractivity contribution in [1.29, 1.82) is 0 Å². The second kappa shape index (κ2) is 5.64. The Bertz CT molecular complexity index is 533. The first-order valence-electron chi connectivity index (χ1n) is 5.75. The molecule has 5 heteroatoms. The number of thiophene rings is 1. The molecule has 0 aliphatic carbocycles. The lowest BCUT2D eigenvalue weighted by atomic mass is 10.2. The van der Waals surface area contributed by atoms with Crippen molar-refractivity contribution in [2.24, 2.45) is 5.73 Å². The number of nitrogens with two attached hydrogens (primary N) is 1. The lowest BCUT2D eigenvalue weighted by molar-refractivity contribution is 0.1000. The van der Waals surface area contributed by atoms with Gasteiger partial charge in [0, 0.05) is 11.1 Å². The zero-order valence-electron chi connectivity index (χ0n) is 10.1. The third-order valence-corrected chi connectivity index (χ3v) is 3.66. The number of hydrogen-bond acceptors (Lipinski definition) is 4. The number of pyridine rings is 1. The lowest BCUT2D eigenvalue weighted by Crippen LogP contribution is -2.11. The Labute approximate surface area is 110 Å². The second-order valence-electron chi connectivity index (χ2n) is 3.87. The molecule has 18 heavy (non-hydrogen) atoms. The van der Waals surface area contributed by atoms with Crippen LogP contribution in [0.25, 0.3) is 0 Å². The summed E-state index contributed by atoms with van der Waals surface area (Å²) < 4.78 is 0. The van der Waals surface area contributed by atoms with Crippen molar-refractivity contribution < 1.29 is 4.79 Å². The summed E-state index contributed by atoms with van der Waals surface area (Å²) >= 11 is 1.74. The van der Waals surface area contributed by atoms with E-state index in [9.17, 15) is 4.79 Å². The van der Waals surface area contributed by atoms with Crippen LogP contribution in [-0.2, 0) is 13.0 Å². The quantitative estimate of drug-likeness (QED) is 0.868. The molecule has 3 N–H and O–H groups in total. The van der Waals surface area contributed by atoms with Crippen LogP contribution in [0, 0.1) is 0 Å². The van der Waals surface area contributed by atoms with Crippen molar-refractivity contribution >= 4 is 23.1 Å². The zero-order valence-corrected chi connectivity index (χ0v) is 11.0. The molecule has 0 saturated heterocycles. The predicted octanol–water partition coefficient (Wildman–Crippen LogP) is 2.42. The lowest BCUT2D eigenvalue weighted by Gasteiger charge is -2.06.